The second kappa shape index (κ2) is 8.73. The van der Waals surface area contributed by atoms with Crippen molar-refractivity contribution in [2.45, 2.75) is 64.4 Å². The summed E-state index contributed by atoms with van der Waals surface area (Å²) in [6.07, 6.45) is 10.8. The molecule has 0 saturated carbocycles. The van der Waals surface area contributed by atoms with E-state index in [0.717, 1.165) is 23.9 Å². The molecule has 0 saturated heterocycles. The number of rotatable bonds is 9. The second-order valence-electron chi connectivity index (χ2n) is 5.71. The fourth-order valence-corrected chi connectivity index (χ4v) is 2.57. The molecule has 1 N–H and O–H groups in total. The molecule has 0 aliphatic carbocycles. The number of benzene rings is 1. The van der Waals surface area contributed by atoms with E-state index in [1.807, 2.05) is 24.3 Å². The maximum Gasteiger partial charge on any atom is 0.0975 e. The Balaban J connectivity index is 1.75. The first-order valence-corrected chi connectivity index (χ1v) is 8.21. The summed E-state index contributed by atoms with van der Waals surface area (Å²) >= 11 is 0. The van der Waals surface area contributed by atoms with Gasteiger partial charge in [0, 0.05) is 0 Å². The van der Waals surface area contributed by atoms with Crippen LogP contribution in [-0.2, 0) is 0 Å². The predicted octanol–water partition coefficient (Wildman–Crippen LogP) is 4.80. The summed E-state index contributed by atoms with van der Waals surface area (Å²) in [4.78, 5) is 8.86. The summed E-state index contributed by atoms with van der Waals surface area (Å²) in [6.45, 7) is 2.24. The molecule has 3 nitrogen and oxygen atoms in total. The van der Waals surface area contributed by atoms with Gasteiger partial charge in [-0.2, -0.15) is 0 Å². The smallest absolute Gasteiger partial charge is 0.0975 e. The maximum absolute atomic E-state index is 10.2. The Labute approximate surface area is 127 Å². The number of aromatic nitrogens is 2. The van der Waals surface area contributed by atoms with Crippen molar-refractivity contribution in [3.63, 3.8) is 0 Å². The van der Waals surface area contributed by atoms with Gasteiger partial charge in [0.25, 0.3) is 0 Å². The number of hydrogen-bond donors (Lipinski definition) is 1. The summed E-state index contributed by atoms with van der Waals surface area (Å²) in [7, 11) is 0. The van der Waals surface area contributed by atoms with Crippen molar-refractivity contribution in [2.24, 2.45) is 0 Å². The zero-order chi connectivity index (χ0) is 14.9. The van der Waals surface area contributed by atoms with Crippen LogP contribution < -0.4 is 0 Å². The molecule has 2 rings (SSSR count). The van der Waals surface area contributed by atoms with Gasteiger partial charge >= 0.3 is 0 Å². The third kappa shape index (κ3) is 5.09. The van der Waals surface area contributed by atoms with Crippen molar-refractivity contribution in [3.05, 3.63) is 36.2 Å². The van der Waals surface area contributed by atoms with E-state index < -0.39 is 6.10 Å². The van der Waals surface area contributed by atoms with Crippen LogP contribution in [0.15, 0.2) is 30.5 Å². The van der Waals surface area contributed by atoms with Crippen molar-refractivity contribution in [1.82, 2.24) is 9.97 Å². The average Bonchev–Trinajstić information content (AvgIpc) is 2.53. The Morgan fingerprint density at radius 2 is 1.62 bits per heavy atom. The zero-order valence-electron chi connectivity index (χ0n) is 13.0. The molecule has 0 bridgehead atoms. The Bertz CT molecular complexity index is 541. The molecule has 114 valence electrons. The van der Waals surface area contributed by atoms with Crippen LogP contribution in [0.2, 0.25) is 0 Å². The Morgan fingerprint density at radius 3 is 2.38 bits per heavy atom. The van der Waals surface area contributed by atoms with Crippen molar-refractivity contribution in [1.29, 1.82) is 0 Å². The highest BCUT2D eigenvalue weighted by Gasteiger charge is 2.10. The highest BCUT2D eigenvalue weighted by molar-refractivity contribution is 5.73. The molecule has 1 unspecified atom stereocenters. The molecule has 1 atom stereocenters. The summed E-state index contributed by atoms with van der Waals surface area (Å²) < 4.78 is 0. The van der Waals surface area contributed by atoms with E-state index in [4.69, 9.17) is 0 Å². The Hall–Kier alpha value is -1.48. The van der Waals surface area contributed by atoms with Gasteiger partial charge in [0.15, 0.2) is 0 Å². The third-order valence-corrected chi connectivity index (χ3v) is 3.89. The normalized spacial score (nSPS) is 12.7. The molecule has 0 amide bonds. The summed E-state index contributed by atoms with van der Waals surface area (Å²) in [5, 5.41) is 10.2. The molecule has 0 radical (unpaired) electrons. The van der Waals surface area contributed by atoms with Gasteiger partial charge in [-0.3, -0.25) is 4.98 Å². The van der Waals surface area contributed by atoms with Crippen molar-refractivity contribution >= 4 is 11.0 Å². The van der Waals surface area contributed by atoms with E-state index in [1.165, 1.54) is 38.5 Å². The third-order valence-electron chi connectivity index (χ3n) is 3.89. The average molecular weight is 286 g/mol. The van der Waals surface area contributed by atoms with E-state index >= 15 is 0 Å². The van der Waals surface area contributed by atoms with Crippen LogP contribution >= 0.6 is 0 Å². The number of unbranched alkanes of at least 4 members (excludes halogenated alkanes) is 6. The van der Waals surface area contributed by atoms with Crippen LogP contribution in [0.25, 0.3) is 11.0 Å². The minimum absolute atomic E-state index is 0.488. The van der Waals surface area contributed by atoms with E-state index in [-0.39, 0.29) is 0 Å². The summed E-state index contributed by atoms with van der Waals surface area (Å²) in [6, 6.07) is 7.77. The van der Waals surface area contributed by atoms with Crippen LogP contribution in [-0.4, -0.2) is 15.1 Å². The number of aliphatic hydroxyl groups excluding tert-OH is 1. The molecule has 0 aliphatic rings. The minimum atomic E-state index is -0.488. The predicted molar refractivity (Wildman–Crippen MR) is 87.1 cm³/mol. The molecule has 0 spiro atoms. The van der Waals surface area contributed by atoms with Crippen molar-refractivity contribution in [2.75, 3.05) is 0 Å². The first-order chi connectivity index (χ1) is 10.3. The molecule has 0 aliphatic heterocycles. The SMILES string of the molecule is CCCCCCCCCC(O)c1cnc2ccccc2n1. The quantitative estimate of drug-likeness (QED) is 0.673. The molecule has 3 heteroatoms. The molecule has 1 aromatic carbocycles. The van der Waals surface area contributed by atoms with Gasteiger partial charge in [-0.15, -0.1) is 0 Å². The van der Waals surface area contributed by atoms with Crippen molar-refractivity contribution < 1.29 is 5.11 Å². The van der Waals surface area contributed by atoms with Gasteiger partial charge in [-0.25, -0.2) is 4.98 Å². The van der Waals surface area contributed by atoms with E-state index in [0.29, 0.717) is 5.69 Å². The highest BCUT2D eigenvalue weighted by atomic mass is 16.3. The Kier molecular flexibility index (Phi) is 6.61. The number of hydrogen-bond acceptors (Lipinski definition) is 3. The Morgan fingerprint density at radius 1 is 0.952 bits per heavy atom. The highest BCUT2D eigenvalue weighted by Crippen LogP contribution is 2.20. The summed E-state index contributed by atoms with van der Waals surface area (Å²) in [5.41, 5.74) is 2.43. The first kappa shape index (κ1) is 15.9. The fraction of sp³-hybridized carbons (Fsp3) is 0.556. The van der Waals surface area contributed by atoms with Crippen LogP contribution in [0.5, 0.6) is 0 Å². The second-order valence-corrected chi connectivity index (χ2v) is 5.71. The molecule has 1 heterocycles. The lowest BCUT2D eigenvalue weighted by Crippen LogP contribution is -2.02. The van der Waals surface area contributed by atoms with Gasteiger partial charge in [0.1, 0.15) is 0 Å². The van der Waals surface area contributed by atoms with E-state index in [9.17, 15) is 5.11 Å². The number of para-hydroxylation sites is 2. The van der Waals surface area contributed by atoms with Crippen LogP contribution in [0.4, 0.5) is 0 Å². The van der Waals surface area contributed by atoms with Gasteiger partial charge in [-0.05, 0) is 18.6 Å². The van der Waals surface area contributed by atoms with Crippen LogP contribution in [0.3, 0.4) is 0 Å². The molecule has 2 aromatic rings. The van der Waals surface area contributed by atoms with Crippen molar-refractivity contribution in [3.8, 4) is 0 Å². The van der Waals surface area contributed by atoms with E-state index in [1.54, 1.807) is 6.20 Å². The lowest BCUT2D eigenvalue weighted by Gasteiger charge is -2.10. The lowest BCUT2D eigenvalue weighted by atomic mass is 10.0. The summed E-state index contributed by atoms with van der Waals surface area (Å²) in [5.74, 6) is 0. The van der Waals surface area contributed by atoms with E-state index in [2.05, 4.69) is 16.9 Å². The monoisotopic (exact) mass is 286 g/mol. The topological polar surface area (TPSA) is 46.0 Å². The largest absolute Gasteiger partial charge is 0.387 e. The number of aliphatic hydroxyl groups is 1. The molecule has 1 aromatic heterocycles. The molecular weight excluding hydrogens is 260 g/mol. The first-order valence-electron chi connectivity index (χ1n) is 8.21. The molecule has 21 heavy (non-hydrogen) atoms. The molecular formula is C18H26N2O. The van der Waals surface area contributed by atoms with Gasteiger partial charge in [0.05, 0.1) is 29.0 Å². The lowest BCUT2D eigenvalue weighted by molar-refractivity contribution is 0.158. The molecule has 0 fully saturated rings. The standard InChI is InChI=1S/C18H26N2O/c1-2-3-4-5-6-7-8-13-18(21)17-14-19-15-11-9-10-12-16(15)20-17/h9-12,14,18,21H,2-8,13H2,1H3. The van der Waals surface area contributed by atoms with Gasteiger partial charge in [0.2, 0.25) is 0 Å². The minimum Gasteiger partial charge on any atom is -0.387 e. The van der Waals surface area contributed by atoms with Crippen LogP contribution in [0, 0.1) is 0 Å². The number of fused-ring (bicyclic) bond motifs is 1. The zero-order valence-corrected chi connectivity index (χ0v) is 13.0. The van der Waals surface area contributed by atoms with Gasteiger partial charge in [-0.1, -0.05) is 64.0 Å². The fourth-order valence-electron chi connectivity index (χ4n) is 2.57. The maximum atomic E-state index is 10.2. The van der Waals surface area contributed by atoms with Gasteiger partial charge < -0.3 is 5.11 Å². The number of nitrogens with zero attached hydrogens (tertiary/aromatic N) is 2. The van der Waals surface area contributed by atoms with Crippen LogP contribution in [0.1, 0.15) is 70.1 Å².